The summed E-state index contributed by atoms with van der Waals surface area (Å²) in [5.74, 6) is -0.672. The average Bonchev–Trinajstić information content (AvgIpc) is 2.52. The summed E-state index contributed by atoms with van der Waals surface area (Å²) in [6.45, 7) is 2.82. The number of nitrogens with zero attached hydrogens (tertiary/aromatic N) is 2. The van der Waals surface area contributed by atoms with E-state index >= 15 is 0 Å². The van der Waals surface area contributed by atoms with Gasteiger partial charge in [0.25, 0.3) is 0 Å². The number of amides is 2. The van der Waals surface area contributed by atoms with Gasteiger partial charge in [0.2, 0.25) is 11.8 Å². The fourth-order valence-electron chi connectivity index (χ4n) is 2.26. The molecule has 0 spiro atoms. The predicted molar refractivity (Wildman–Crippen MR) is 76.9 cm³/mol. The third kappa shape index (κ3) is 4.44. The molecule has 2 rings (SSSR count). The second-order valence-electron chi connectivity index (χ2n) is 5.14. The Bertz CT molecular complexity index is 566. The van der Waals surface area contributed by atoms with E-state index < -0.39 is 17.6 Å². The molecule has 1 fully saturated rings. The summed E-state index contributed by atoms with van der Waals surface area (Å²) in [5.41, 5.74) is -0.545. The summed E-state index contributed by atoms with van der Waals surface area (Å²) in [7, 11) is 0. The Balaban J connectivity index is 2.11. The van der Waals surface area contributed by atoms with Crippen LogP contribution in [0.1, 0.15) is 12.5 Å². The number of anilines is 1. The van der Waals surface area contributed by atoms with Gasteiger partial charge in [-0.1, -0.05) is 0 Å². The molecule has 0 bridgehead atoms. The fraction of sp³-hybridized carbons (Fsp3) is 0.467. The quantitative estimate of drug-likeness (QED) is 0.851. The summed E-state index contributed by atoms with van der Waals surface area (Å²) < 4.78 is 42.9. The number of hydrogen-bond donors (Lipinski definition) is 0. The molecule has 0 N–H and O–H groups in total. The zero-order valence-corrected chi connectivity index (χ0v) is 12.6. The zero-order chi connectivity index (χ0) is 17.0. The van der Waals surface area contributed by atoms with Gasteiger partial charge in [-0.05, 0) is 24.3 Å². The SMILES string of the molecule is CC(=O)N(CC(=O)N1CCOCC1)c1ccc(C(F)(F)F)cc1. The summed E-state index contributed by atoms with van der Waals surface area (Å²) in [6.07, 6.45) is -4.44. The number of carbonyl (C=O) groups excluding carboxylic acids is 2. The molecule has 0 saturated carbocycles. The van der Waals surface area contributed by atoms with E-state index in [1.807, 2.05) is 0 Å². The molecule has 0 atom stereocenters. The van der Waals surface area contributed by atoms with Crippen molar-refractivity contribution in [2.24, 2.45) is 0 Å². The Morgan fingerprint density at radius 2 is 1.74 bits per heavy atom. The van der Waals surface area contributed by atoms with E-state index in [2.05, 4.69) is 0 Å². The van der Waals surface area contributed by atoms with Crippen LogP contribution in [-0.4, -0.2) is 49.6 Å². The molecule has 5 nitrogen and oxygen atoms in total. The Morgan fingerprint density at radius 1 is 1.17 bits per heavy atom. The first-order valence-corrected chi connectivity index (χ1v) is 7.10. The molecule has 1 saturated heterocycles. The van der Waals surface area contributed by atoms with Crippen molar-refractivity contribution in [3.8, 4) is 0 Å². The highest BCUT2D eigenvalue weighted by Crippen LogP contribution is 2.30. The van der Waals surface area contributed by atoms with Crippen LogP contribution in [0.3, 0.4) is 0 Å². The Hall–Kier alpha value is -2.09. The van der Waals surface area contributed by atoms with Crippen molar-refractivity contribution in [3.63, 3.8) is 0 Å². The van der Waals surface area contributed by atoms with Crippen LogP contribution < -0.4 is 4.90 Å². The lowest BCUT2D eigenvalue weighted by molar-refractivity contribution is -0.137. The molecule has 23 heavy (non-hydrogen) atoms. The second-order valence-corrected chi connectivity index (χ2v) is 5.14. The third-order valence-corrected chi connectivity index (χ3v) is 3.54. The van der Waals surface area contributed by atoms with Gasteiger partial charge in [0.1, 0.15) is 6.54 Å². The van der Waals surface area contributed by atoms with E-state index in [0.717, 1.165) is 17.0 Å². The number of hydrogen-bond acceptors (Lipinski definition) is 3. The molecule has 1 aliphatic heterocycles. The Kier molecular flexibility index (Phi) is 5.25. The smallest absolute Gasteiger partial charge is 0.378 e. The van der Waals surface area contributed by atoms with E-state index in [1.165, 1.54) is 19.1 Å². The monoisotopic (exact) mass is 330 g/mol. The van der Waals surface area contributed by atoms with Gasteiger partial charge in [0.15, 0.2) is 0 Å². The van der Waals surface area contributed by atoms with Crippen molar-refractivity contribution in [1.82, 2.24) is 4.90 Å². The highest BCUT2D eigenvalue weighted by molar-refractivity contribution is 5.97. The normalized spacial score (nSPS) is 15.4. The number of halogens is 3. The maximum absolute atomic E-state index is 12.6. The van der Waals surface area contributed by atoms with Crippen LogP contribution in [0.5, 0.6) is 0 Å². The fourth-order valence-corrected chi connectivity index (χ4v) is 2.26. The molecule has 2 amide bonds. The van der Waals surface area contributed by atoms with Gasteiger partial charge < -0.3 is 14.5 Å². The van der Waals surface area contributed by atoms with E-state index in [-0.39, 0.29) is 18.1 Å². The van der Waals surface area contributed by atoms with Crippen LogP contribution in [-0.2, 0) is 20.5 Å². The van der Waals surface area contributed by atoms with Gasteiger partial charge in [0, 0.05) is 25.7 Å². The van der Waals surface area contributed by atoms with E-state index in [1.54, 1.807) is 4.90 Å². The molecular formula is C15H17F3N2O3. The van der Waals surface area contributed by atoms with Gasteiger partial charge in [-0.2, -0.15) is 13.2 Å². The minimum Gasteiger partial charge on any atom is -0.378 e. The lowest BCUT2D eigenvalue weighted by atomic mass is 10.2. The second kappa shape index (κ2) is 6.99. The first-order valence-electron chi connectivity index (χ1n) is 7.10. The molecule has 1 aliphatic rings. The Morgan fingerprint density at radius 3 is 2.22 bits per heavy atom. The summed E-state index contributed by atoms with van der Waals surface area (Å²) in [6, 6.07) is 4.17. The minimum absolute atomic E-state index is 0.208. The van der Waals surface area contributed by atoms with Gasteiger partial charge in [-0.25, -0.2) is 0 Å². The zero-order valence-electron chi connectivity index (χ0n) is 12.6. The van der Waals surface area contributed by atoms with E-state index in [4.69, 9.17) is 4.74 Å². The van der Waals surface area contributed by atoms with Crippen LogP contribution in [0.4, 0.5) is 18.9 Å². The number of ether oxygens (including phenoxy) is 1. The van der Waals surface area contributed by atoms with Crippen molar-refractivity contribution in [2.75, 3.05) is 37.7 Å². The molecule has 0 aliphatic carbocycles. The average molecular weight is 330 g/mol. The lowest BCUT2D eigenvalue weighted by Crippen LogP contribution is -2.46. The number of carbonyl (C=O) groups is 2. The highest BCUT2D eigenvalue weighted by Gasteiger charge is 2.30. The van der Waals surface area contributed by atoms with Crippen LogP contribution in [0.2, 0.25) is 0 Å². The molecule has 0 unspecified atom stereocenters. The molecule has 1 aromatic carbocycles. The van der Waals surface area contributed by atoms with Crippen molar-refractivity contribution in [3.05, 3.63) is 29.8 Å². The van der Waals surface area contributed by atoms with Crippen molar-refractivity contribution in [2.45, 2.75) is 13.1 Å². The highest BCUT2D eigenvalue weighted by atomic mass is 19.4. The molecule has 126 valence electrons. The number of rotatable bonds is 3. The number of benzene rings is 1. The molecule has 0 aromatic heterocycles. The van der Waals surface area contributed by atoms with Crippen LogP contribution >= 0.6 is 0 Å². The molecule has 1 aromatic rings. The van der Waals surface area contributed by atoms with E-state index in [9.17, 15) is 22.8 Å². The lowest BCUT2D eigenvalue weighted by Gasteiger charge is -2.29. The minimum atomic E-state index is -4.44. The van der Waals surface area contributed by atoms with Crippen molar-refractivity contribution >= 4 is 17.5 Å². The largest absolute Gasteiger partial charge is 0.416 e. The maximum Gasteiger partial charge on any atom is 0.416 e. The molecule has 8 heteroatoms. The molecule has 1 heterocycles. The number of morpholine rings is 1. The van der Waals surface area contributed by atoms with Crippen LogP contribution in [0, 0.1) is 0 Å². The van der Waals surface area contributed by atoms with Crippen molar-refractivity contribution in [1.29, 1.82) is 0 Å². The van der Waals surface area contributed by atoms with Gasteiger partial charge >= 0.3 is 6.18 Å². The van der Waals surface area contributed by atoms with Crippen LogP contribution in [0.25, 0.3) is 0 Å². The standard InChI is InChI=1S/C15H17F3N2O3/c1-11(21)20(10-14(22)19-6-8-23-9-7-19)13-4-2-12(3-5-13)15(16,17)18/h2-5H,6-10H2,1H3. The summed E-state index contributed by atoms with van der Waals surface area (Å²) >= 11 is 0. The van der Waals surface area contributed by atoms with Crippen molar-refractivity contribution < 1.29 is 27.5 Å². The van der Waals surface area contributed by atoms with Gasteiger partial charge in [-0.15, -0.1) is 0 Å². The predicted octanol–water partition coefficient (Wildman–Crippen LogP) is 1.92. The number of alkyl halides is 3. The van der Waals surface area contributed by atoms with Gasteiger partial charge in [0.05, 0.1) is 18.8 Å². The first-order chi connectivity index (χ1) is 10.8. The molecule has 0 radical (unpaired) electrons. The van der Waals surface area contributed by atoms with Gasteiger partial charge in [-0.3, -0.25) is 9.59 Å². The topological polar surface area (TPSA) is 49.9 Å². The third-order valence-electron chi connectivity index (χ3n) is 3.54. The maximum atomic E-state index is 12.6. The van der Waals surface area contributed by atoms with Crippen LogP contribution in [0.15, 0.2) is 24.3 Å². The summed E-state index contributed by atoms with van der Waals surface area (Å²) in [4.78, 5) is 26.7. The first kappa shape index (κ1) is 17.3. The Labute approximate surface area is 131 Å². The van der Waals surface area contributed by atoms with E-state index in [0.29, 0.717) is 26.3 Å². The summed E-state index contributed by atoms with van der Waals surface area (Å²) in [5, 5.41) is 0. The molecular weight excluding hydrogens is 313 g/mol.